The van der Waals surface area contributed by atoms with E-state index in [1.165, 1.54) is 19.4 Å². The predicted molar refractivity (Wildman–Crippen MR) is 49.4 cm³/mol. The van der Waals surface area contributed by atoms with Gasteiger partial charge in [0.25, 0.3) is 10.1 Å². The second-order valence-electron chi connectivity index (χ2n) is 2.83. The summed E-state index contributed by atoms with van der Waals surface area (Å²) in [5.74, 6) is 0. The number of rotatable bonds is 5. The fourth-order valence-electron chi connectivity index (χ4n) is 0.570. The quantitative estimate of drug-likeness (QED) is 0.389. The van der Waals surface area contributed by atoms with Gasteiger partial charge in [-0.15, -0.1) is 6.58 Å². The van der Waals surface area contributed by atoms with E-state index in [4.69, 9.17) is 0 Å². The molecular formula is C6H13O4PS. The van der Waals surface area contributed by atoms with Crippen LogP contribution in [0.15, 0.2) is 12.7 Å². The molecule has 12 heavy (non-hydrogen) atoms. The monoisotopic (exact) mass is 212 g/mol. The first-order valence-corrected chi connectivity index (χ1v) is 7.65. The van der Waals surface area contributed by atoms with Crippen LogP contribution in [0.5, 0.6) is 0 Å². The van der Waals surface area contributed by atoms with E-state index in [9.17, 15) is 13.0 Å². The van der Waals surface area contributed by atoms with Crippen molar-refractivity contribution in [1.82, 2.24) is 0 Å². The first-order chi connectivity index (χ1) is 5.27. The topological polar surface area (TPSA) is 60.4 Å². The molecule has 6 heteroatoms. The lowest BCUT2D eigenvalue weighted by molar-refractivity contribution is 0.360. The Hall–Kier alpha value is -0.120. The van der Waals surface area contributed by atoms with Gasteiger partial charge in [0.05, 0.1) is 13.7 Å². The Morgan fingerprint density at radius 1 is 1.50 bits per heavy atom. The average Bonchev–Trinajstić information content (AvgIpc) is 1.78. The summed E-state index contributed by atoms with van der Waals surface area (Å²) in [6.07, 6.45) is 1.33. The van der Waals surface area contributed by atoms with Gasteiger partial charge < -0.3 is 4.57 Å². The summed E-state index contributed by atoms with van der Waals surface area (Å²) in [7, 11) is -6.21. The molecule has 0 radical (unpaired) electrons. The molecule has 0 unspecified atom stereocenters. The van der Waals surface area contributed by atoms with Crippen molar-refractivity contribution in [2.24, 2.45) is 0 Å². The van der Waals surface area contributed by atoms with Crippen molar-refractivity contribution in [2.75, 3.05) is 25.4 Å². The lowest BCUT2D eigenvalue weighted by Crippen LogP contribution is -2.10. The maximum Gasteiger partial charge on any atom is 0.274 e. The van der Waals surface area contributed by atoms with Gasteiger partial charge in [0.2, 0.25) is 0 Å². The Bertz CT molecular complexity index is 287. The minimum Gasteiger partial charge on any atom is -0.323 e. The first-order valence-electron chi connectivity index (χ1n) is 3.29. The van der Waals surface area contributed by atoms with E-state index >= 15 is 0 Å². The van der Waals surface area contributed by atoms with Crippen LogP contribution >= 0.6 is 7.14 Å². The van der Waals surface area contributed by atoms with Crippen LogP contribution in [0.25, 0.3) is 0 Å². The van der Waals surface area contributed by atoms with Crippen LogP contribution in [-0.2, 0) is 18.9 Å². The molecule has 0 saturated carbocycles. The van der Waals surface area contributed by atoms with Crippen LogP contribution < -0.4 is 0 Å². The van der Waals surface area contributed by atoms with E-state index in [0.717, 1.165) is 0 Å². The van der Waals surface area contributed by atoms with Crippen LogP contribution in [-0.4, -0.2) is 33.8 Å². The Balaban J connectivity index is 4.25. The van der Waals surface area contributed by atoms with Gasteiger partial charge in [0.1, 0.15) is 5.49 Å². The van der Waals surface area contributed by atoms with Crippen LogP contribution in [0.1, 0.15) is 0 Å². The molecule has 0 fully saturated rings. The molecule has 0 bridgehead atoms. The van der Waals surface area contributed by atoms with Gasteiger partial charge in [-0.3, -0.25) is 4.18 Å². The van der Waals surface area contributed by atoms with Crippen molar-refractivity contribution in [3.8, 4) is 0 Å². The molecule has 0 aromatic heterocycles. The van der Waals surface area contributed by atoms with Crippen molar-refractivity contribution in [3.63, 3.8) is 0 Å². The van der Waals surface area contributed by atoms with Gasteiger partial charge in [0.15, 0.2) is 0 Å². The SMILES string of the molecule is C=CCOS(=O)(=O)CP(C)(C)=O. The smallest absolute Gasteiger partial charge is 0.274 e. The molecule has 0 aliphatic rings. The number of hydrogen-bond acceptors (Lipinski definition) is 4. The highest BCUT2D eigenvalue weighted by atomic mass is 32.2. The Morgan fingerprint density at radius 2 is 2.00 bits per heavy atom. The van der Waals surface area contributed by atoms with Crippen molar-refractivity contribution in [1.29, 1.82) is 0 Å². The second kappa shape index (κ2) is 4.21. The summed E-state index contributed by atoms with van der Waals surface area (Å²) in [6, 6.07) is 0. The molecule has 0 amide bonds. The summed E-state index contributed by atoms with van der Waals surface area (Å²) < 4.78 is 37.5. The third-order valence-electron chi connectivity index (χ3n) is 0.834. The average molecular weight is 212 g/mol. The number of hydrogen-bond donors (Lipinski definition) is 0. The zero-order chi connectivity index (χ0) is 9.83. The molecule has 0 aliphatic heterocycles. The molecule has 0 aromatic rings. The molecule has 72 valence electrons. The molecule has 0 saturated heterocycles. The van der Waals surface area contributed by atoms with Crippen LogP contribution in [0.4, 0.5) is 0 Å². The fourth-order valence-corrected chi connectivity index (χ4v) is 4.22. The summed E-state index contributed by atoms with van der Waals surface area (Å²) >= 11 is 0. The third kappa shape index (κ3) is 6.58. The van der Waals surface area contributed by atoms with E-state index in [2.05, 4.69) is 10.8 Å². The molecule has 0 N–H and O–H groups in total. The van der Waals surface area contributed by atoms with E-state index in [0.29, 0.717) is 0 Å². The van der Waals surface area contributed by atoms with Crippen molar-refractivity contribution < 1.29 is 17.2 Å². The Kier molecular flexibility index (Phi) is 4.17. The molecule has 0 spiro atoms. The molecule has 0 rings (SSSR count). The maximum atomic E-state index is 11.1. The van der Waals surface area contributed by atoms with Gasteiger partial charge in [-0.2, -0.15) is 8.42 Å². The summed E-state index contributed by atoms with van der Waals surface area (Å²) in [6.45, 7) is 6.04. The predicted octanol–water partition coefficient (Wildman–Crippen LogP) is 1.10. The first kappa shape index (κ1) is 11.9. The summed E-state index contributed by atoms with van der Waals surface area (Å²) in [5.41, 5.74) is -0.409. The van der Waals surface area contributed by atoms with Gasteiger partial charge >= 0.3 is 0 Å². The summed E-state index contributed by atoms with van der Waals surface area (Å²) in [5, 5.41) is 0. The lowest BCUT2D eigenvalue weighted by atomic mass is 10.7. The van der Waals surface area contributed by atoms with Crippen LogP contribution in [0.3, 0.4) is 0 Å². The highest BCUT2D eigenvalue weighted by molar-refractivity contribution is 7.95. The Labute approximate surface area is 73.1 Å². The van der Waals surface area contributed by atoms with Gasteiger partial charge in [-0.05, 0) is 13.3 Å². The maximum absolute atomic E-state index is 11.1. The zero-order valence-corrected chi connectivity index (χ0v) is 8.90. The molecular weight excluding hydrogens is 199 g/mol. The van der Waals surface area contributed by atoms with Crippen molar-refractivity contribution in [2.45, 2.75) is 0 Å². The lowest BCUT2D eigenvalue weighted by Gasteiger charge is -2.06. The van der Waals surface area contributed by atoms with Crippen LogP contribution in [0.2, 0.25) is 0 Å². The van der Waals surface area contributed by atoms with Gasteiger partial charge in [-0.1, -0.05) is 6.08 Å². The normalized spacial score (nSPS) is 12.8. The molecule has 0 aromatic carbocycles. The molecule has 0 aliphatic carbocycles. The second-order valence-corrected chi connectivity index (χ2v) is 8.37. The largest absolute Gasteiger partial charge is 0.323 e. The minimum absolute atomic E-state index is 0.0671. The third-order valence-corrected chi connectivity index (χ3v) is 5.08. The highest BCUT2D eigenvalue weighted by Crippen LogP contribution is 2.37. The van der Waals surface area contributed by atoms with Gasteiger partial charge in [0, 0.05) is 0 Å². The summed E-state index contributed by atoms with van der Waals surface area (Å²) in [4.78, 5) is 0. The van der Waals surface area contributed by atoms with Crippen molar-refractivity contribution >= 4 is 17.3 Å². The Morgan fingerprint density at radius 3 is 2.33 bits per heavy atom. The van der Waals surface area contributed by atoms with Crippen LogP contribution in [0, 0.1) is 0 Å². The minimum atomic E-state index is -3.64. The fraction of sp³-hybridized carbons (Fsp3) is 0.667. The molecule has 0 heterocycles. The van der Waals surface area contributed by atoms with E-state index in [1.54, 1.807) is 0 Å². The van der Waals surface area contributed by atoms with Crippen molar-refractivity contribution in [3.05, 3.63) is 12.7 Å². The van der Waals surface area contributed by atoms with E-state index in [-0.39, 0.29) is 6.61 Å². The van der Waals surface area contributed by atoms with Gasteiger partial charge in [-0.25, -0.2) is 0 Å². The van der Waals surface area contributed by atoms with E-state index in [1.807, 2.05) is 0 Å². The van der Waals surface area contributed by atoms with E-state index < -0.39 is 22.8 Å². The highest BCUT2D eigenvalue weighted by Gasteiger charge is 2.20. The standard InChI is InChI=1S/C6H13O4PS/c1-4-5-10-12(8,9)6-11(2,3)7/h4H,1,5-6H2,2-3H3. The zero-order valence-electron chi connectivity index (χ0n) is 7.19. The molecule has 4 nitrogen and oxygen atoms in total. The molecule has 0 atom stereocenters.